The van der Waals surface area contributed by atoms with Crippen molar-refractivity contribution in [2.24, 2.45) is 0 Å². The van der Waals surface area contributed by atoms with Crippen molar-refractivity contribution in [1.29, 1.82) is 0 Å². The zero-order valence-electron chi connectivity index (χ0n) is 16.7. The third-order valence-electron chi connectivity index (χ3n) is 4.80. The standard InChI is InChI=1S/C21H45NO.ClH/c1-3-5-6-7-8-9-10-11-12-13-14-15-16-17-18-19-20-22-21(23)4-2;/h21-23H,3-20H2,1-2H3;1H. The molecule has 0 aliphatic heterocycles. The minimum Gasteiger partial charge on any atom is -0.379 e. The molecule has 3 heteroatoms. The summed E-state index contributed by atoms with van der Waals surface area (Å²) in [5.41, 5.74) is 0. The van der Waals surface area contributed by atoms with Crippen LogP contribution < -0.4 is 5.32 Å². The summed E-state index contributed by atoms with van der Waals surface area (Å²) in [5, 5.41) is 12.5. The van der Waals surface area contributed by atoms with Crippen molar-refractivity contribution in [2.75, 3.05) is 6.54 Å². The lowest BCUT2D eigenvalue weighted by Crippen LogP contribution is -2.28. The topological polar surface area (TPSA) is 32.3 Å². The van der Waals surface area contributed by atoms with E-state index in [9.17, 15) is 5.11 Å². The summed E-state index contributed by atoms with van der Waals surface area (Å²) in [6.45, 7) is 5.26. The van der Waals surface area contributed by atoms with E-state index in [4.69, 9.17) is 0 Å². The molecule has 0 spiro atoms. The minimum absolute atomic E-state index is 0. The number of hydrogen-bond donors (Lipinski definition) is 2. The maximum Gasteiger partial charge on any atom is 0.104 e. The molecule has 0 aromatic rings. The van der Waals surface area contributed by atoms with E-state index < -0.39 is 0 Å². The number of rotatable bonds is 19. The maximum absolute atomic E-state index is 9.37. The number of aliphatic hydroxyl groups excluding tert-OH is 1. The van der Waals surface area contributed by atoms with Gasteiger partial charge < -0.3 is 5.11 Å². The van der Waals surface area contributed by atoms with Gasteiger partial charge in [0.1, 0.15) is 6.23 Å². The summed E-state index contributed by atoms with van der Waals surface area (Å²) < 4.78 is 0. The van der Waals surface area contributed by atoms with Crippen molar-refractivity contribution < 1.29 is 5.11 Å². The highest BCUT2D eigenvalue weighted by atomic mass is 35.5. The fraction of sp³-hybridized carbons (Fsp3) is 1.00. The number of nitrogens with one attached hydrogen (secondary N) is 1. The second-order valence-corrected chi connectivity index (χ2v) is 7.18. The monoisotopic (exact) mass is 363 g/mol. The first-order valence-corrected chi connectivity index (χ1v) is 10.7. The molecule has 148 valence electrons. The van der Waals surface area contributed by atoms with E-state index in [-0.39, 0.29) is 18.6 Å². The Labute approximate surface area is 159 Å². The van der Waals surface area contributed by atoms with E-state index in [2.05, 4.69) is 12.2 Å². The van der Waals surface area contributed by atoms with Gasteiger partial charge in [-0.25, -0.2) is 0 Å². The highest BCUT2D eigenvalue weighted by Crippen LogP contribution is 2.13. The molecule has 1 unspecified atom stereocenters. The van der Waals surface area contributed by atoms with E-state index >= 15 is 0 Å². The zero-order valence-corrected chi connectivity index (χ0v) is 17.5. The fourth-order valence-electron chi connectivity index (χ4n) is 3.09. The van der Waals surface area contributed by atoms with Crippen LogP contribution in [-0.4, -0.2) is 17.9 Å². The van der Waals surface area contributed by atoms with Crippen LogP contribution in [0.15, 0.2) is 0 Å². The van der Waals surface area contributed by atoms with Crippen molar-refractivity contribution in [3.63, 3.8) is 0 Å². The molecule has 0 aliphatic carbocycles. The predicted molar refractivity (Wildman–Crippen MR) is 111 cm³/mol. The molecule has 1 atom stereocenters. The summed E-state index contributed by atoms with van der Waals surface area (Å²) in [4.78, 5) is 0. The first kappa shape index (κ1) is 26.4. The first-order chi connectivity index (χ1) is 11.3. The maximum atomic E-state index is 9.37. The smallest absolute Gasteiger partial charge is 0.104 e. The second kappa shape index (κ2) is 23.2. The molecule has 0 bridgehead atoms. The third-order valence-corrected chi connectivity index (χ3v) is 4.80. The van der Waals surface area contributed by atoms with Crippen molar-refractivity contribution in [3.05, 3.63) is 0 Å². The Morgan fingerprint density at radius 1 is 0.583 bits per heavy atom. The lowest BCUT2D eigenvalue weighted by atomic mass is 10.0. The lowest BCUT2D eigenvalue weighted by Gasteiger charge is -2.09. The zero-order chi connectivity index (χ0) is 17.0. The molecular weight excluding hydrogens is 318 g/mol. The van der Waals surface area contributed by atoms with Crippen LogP contribution >= 0.6 is 12.4 Å². The summed E-state index contributed by atoms with van der Waals surface area (Å²) in [7, 11) is 0. The van der Waals surface area contributed by atoms with Crippen molar-refractivity contribution >= 4 is 12.4 Å². The van der Waals surface area contributed by atoms with Gasteiger partial charge in [-0.1, -0.05) is 110 Å². The van der Waals surface area contributed by atoms with E-state index in [0.717, 1.165) is 13.0 Å². The Kier molecular flexibility index (Phi) is 25.6. The molecule has 0 rings (SSSR count). The number of halogens is 1. The summed E-state index contributed by atoms with van der Waals surface area (Å²) in [6, 6.07) is 0. The molecule has 0 aromatic carbocycles. The van der Waals surface area contributed by atoms with Crippen LogP contribution in [0.2, 0.25) is 0 Å². The predicted octanol–water partition coefficient (Wildman–Crippen LogP) is 6.99. The van der Waals surface area contributed by atoms with Gasteiger partial charge in [0, 0.05) is 0 Å². The number of hydrogen-bond acceptors (Lipinski definition) is 2. The van der Waals surface area contributed by atoms with Crippen molar-refractivity contribution in [2.45, 2.75) is 129 Å². The van der Waals surface area contributed by atoms with Gasteiger partial charge >= 0.3 is 0 Å². The van der Waals surface area contributed by atoms with E-state index in [1.165, 1.54) is 103 Å². The summed E-state index contributed by atoms with van der Waals surface area (Å²) in [6.07, 6.45) is 23.1. The molecule has 0 heterocycles. The highest BCUT2D eigenvalue weighted by Gasteiger charge is 1.98. The largest absolute Gasteiger partial charge is 0.379 e. The van der Waals surface area contributed by atoms with Gasteiger partial charge in [0.2, 0.25) is 0 Å². The number of aliphatic hydroxyl groups is 1. The average Bonchev–Trinajstić information content (AvgIpc) is 2.57. The van der Waals surface area contributed by atoms with Crippen LogP contribution in [0.3, 0.4) is 0 Å². The van der Waals surface area contributed by atoms with Gasteiger partial charge in [-0.2, -0.15) is 0 Å². The minimum atomic E-state index is -0.300. The van der Waals surface area contributed by atoms with Crippen molar-refractivity contribution in [3.8, 4) is 0 Å². The quantitative estimate of drug-likeness (QED) is 0.191. The van der Waals surface area contributed by atoms with Crippen LogP contribution in [0.5, 0.6) is 0 Å². The first-order valence-electron chi connectivity index (χ1n) is 10.7. The summed E-state index contributed by atoms with van der Waals surface area (Å²) in [5.74, 6) is 0. The highest BCUT2D eigenvalue weighted by molar-refractivity contribution is 5.85. The molecule has 24 heavy (non-hydrogen) atoms. The average molecular weight is 364 g/mol. The van der Waals surface area contributed by atoms with Crippen LogP contribution in [0, 0.1) is 0 Å². The molecule has 0 fully saturated rings. The normalized spacial score (nSPS) is 12.1. The number of unbranched alkanes of at least 4 members (excludes halogenated alkanes) is 15. The Morgan fingerprint density at radius 3 is 1.25 bits per heavy atom. The van der Waals surface area contributed by atoms with Gasteiger partial charge in [-0.05, 0) is 19.4 Å². The lowest BCUT2D eigenvalue weighted by molar-refractivity contribution is 0.133. The molecule has 0 amide bonds. The molecule has 2 N–H and O–H groups in total. The van der Waals surface area contributed by atoms with E-state index in [1.54, 1.807) is 0 Å². The Hall–Kier alpha value is 0.210. The Morgan fingerprint density at radius 2 is 0.917 bits per heavy atom. The fourth-order valence-corrected chi connectivity index (χ4v) is 3.09. The van der Waals surface area contributed by atoms with Crippen LogP contribution in [0.1, 0.15) is 123 Å². The van der Waals surface area contributed by atoms with Gasteiger partial charge in [0.25, 0.3) is 0 Å². The molecule has 0 aliphatic rings. The Balaban J connectivity index is 0. The SMILES string of the molecule is CCCCCCCCCCCCCCCCCCNC(O)CC.Cl. The van der Waals surface area contributed by atoms with Crippen LogP contribution in [0.25, 0.3) is 0 Å². The molecule has 2 nitrogen and oxygen atoms in total. The third kappa shape index (κ3) is 22.2. The molecule has 0 saturated carbocycles. The van der Waals surface area contributed by atoms with Crippen LogP contribution in [-0.2, 0) is 0 Å². The van der Waals surface area contributed by atoms with E-state index in [0.29, 0.717) is 0 Å². The molecule has 0 aromatic heterocycles. The Bertz CT molecular complexity index is 214. The molecular formula is C21H46ClNO. The van der Waals surface area contributed by atoms with E-state index in [1.807, 2.05) is 6.92 Å². The van der Waals surface area contributed by atoms with Gasteiger partial charge in [-0.3, -0.25) is 5.32 Å². The molecule has 0 radical (unpaired) electrons. The van der Waals surface area contributed by atoms with Gasteiger partial charge in [0.05, 0.1) is 0 Å². The van der Waals surface area contributed by atoms with Gasteiger partial charge in [-0.15, -0.1) is 12.4 Å². The van der Waals surface area contributed by atoms with Gasteiger partial charge in [0.15, 0.2) is 0 Å². The second-order valence-electron chi connectivity index (χ2n) is 7.18. The summed E-state index contributed by atoms with van der Waals surface area (Å²) >= 11 is 0. The van der Waals surface area contributed by atoms with Crippen LogP contribution in [0.4, 0.5) is 0 Å². The van der Waals surface area contributed by atoms with Crippen molar-refractivity contribution in [1.82, 2.24) is 5.32 Å². The molecule has 0 saturated heterocycles.